The summed E-state index contributed by atoms with van der Waals surface area (Å²) in [4.78, 5) is 0.708. The summed E-state index contributed by atoms with van der Waals surface area (Å²) in [5, 5.41) is 20.9. The molecule has 1 rings (SSSR count). The highest BCUT2D eigenvalue weighted by molar-refractivity contribution is 8.04. The molecule has 0 aromatic heterocycles. The zero-order chi connectivity index (χ0) is 13.8. The molecule has 0 aliphatic carbocycles. The number of terminal acetylenes is 1. The quantitative estimate of drug-likeness (QED) is 0.411. The van der Waals surface area contributed by atoms with Crippen LogP contribution < -0.4 is 15.2 Å². The lowest BCUT2D eigenvalue weighted by Gasteiger charge is -2.19. The monoisotopic (exact) mass is 269 g/mol. The topological polar surface area (TPSA) is 84.9 Å². The molecule has 1 aromatic rings. The lowest BCUT2D eigenvalue weighted by molar-refractivity contribution is -0.153. The summed E-state index contributed by atoms with van der Waals surface area (Å²) in [5.74, 6) is -1.32. The molecule has 0 saturated carbocycles. The van der Waals surface area contributed by atoms with Crippen LogP contribution in [0.1, 0.15) is 5.56 Å². The smallest absolute Gasteiger partial charge is 0.224 e. The first-order valence-electron chi connectivity index (χ1n) is 5.02. The van der Waals surface area contributed by atoms with Crippen LogP contribution in [0.2, 0.25) is 0 Å². The summed E-state index contributed by atoms with van der Waals surface area (Å²) in [6.45, 7) is 0. The summed E-state index contributed by atoms with van der Waals surface area (Å²) in [7, 11) is 2.97. The van der Waals surface area contributed by atoms with Gasteiger partial charge in [-0.25, -0.2) is 0 Å². The molecule has 1 aromatic carbocycles. The van der Waals surface area contributed by atoms with Crippen molar-refractivity contribution in [1.82, 2.24) is 0 Å². The zero-order valence-corrected chi connectivity index (χ0v) is 11.0. The molecule has 4 N–H and O–H groups in total. The van der Waals surface area contributed by atoms with Gasteiger partial charge in [0.1, 0.15) is 11.5 Å². The Morgan fingerprint density at radius 2 is 1.94 bits per heavy atom. The first kappa shape index (κ1) is 14.7. The first-order chi connectivity index (χ1) is 8.41. The molecule has 6 heteroatoms. The standard InChI is InChI=1S/C12H15NO4S/c1-4-18-11-6-9(16-2)8(5-10(11)17-3)7-12(13,14)15/h1,5-6,14-15H,7,13H2,2-3H3. The Morgan fingerprint density at radius 3 is 2.39 bits per heavy atom. The predicted octanol–water partition coefficient (Wildman–Crippen LogP) is 0.526. The van der Waals surface area contributed by atoms with Crippen LogP contribution in [0.5, 0.6) is 11.5 Å². The second-order valence-corrected chi connectivity index (χ2v) is 4.47. The van der Waals surface area contributed by atoms with E-state index in [0.29, 0.717) is 22.0 Å². The molecule has 0 fully saturated rings. The van der Waals surface area contributed by atoms with Gasteiger partial charge in [0, 0.05) is 12.0 Å². The minimum absolute atomic E-state index is 0.187. The van der Waals surface area contributed by atoms with Gasteiger partial charge in [-0.3, -0.25) is 5.73 Å². The Balaban J connectivity index is 3.22. The minimum Gasteiger partial charge on any atom is -0.496 e. The molecule has 0 aliphatic heterocycles. The minimum atomic E-state index is -2.31. The molecule has 5 nitrogen and oxygen atoms in total. The Labute approximate surface area is 110 Å². The van der Waals surface area contributed by atoms with Gasteiger partial charge in [0.15, 0.2) is 0 Å². The molecule has 0 unspecified atom stereocenters. The van der Waals surface area contributed by atoms with Crippen molar-refractivity contribution >= 4 is 11.8 Å². The van der Waals surface area contributed by atoms with E-state index in [9.17, 15) is 10.2 Å². The van der Waals surface area contributed by atoms with Gasteiger partial charge in [-0.1, -0.05) is 0 Å². The van der Waals surface area contributed by atoms with Crippen molar-refractivity contribution in [1.29, 1.82) is 0 Å². The lowest BCUT2D eigenvalue weighted by Crippen LogP contribution is -2.41. The van der Waals surface area contributed by atoms with Gasteiger partial charge in [0.2, 0.25) is 5.91 Å². The summed E-state index contributed by atoms with van der Waals surface area (Å²) < 4.78 is 10.3. The molecule has 0 atom stereocenters. The maximum atomic E-state index is 9.23. The van der Waals surface area contributed by atoms with E-state index in [2.05, 4.69) is 5.25 Å². The van der Waals surface area contributed by atoms with E-state index in [4.69, 9.17) is 21.6 Å². The SMILES string of the molecule is C#CSc1cc(OC)c(CC(N)(O)O)cc1OC. The van der Waals surface area contributed by atoms with Crippen LogP contribution in [-0.4, -0.2) is 30.3 Å². The van der Waals surface area contributed by atoms with Crippen LogP contribution in [0, 0.1) is 11.7 Å². The summed E-state index contributed by atoms with van der Waals surface area (Å²) >= 11 is 1.15. The van der Waals surface area contributed by atoms with Gasteiger partial charge >= 0.3 is 0 Å². The first-order valence-corrected chi connectivity index (χ1v) is 5.84. The van der Waals surface area contributed by atoms with Gasteiger partial charge in [-0.05, 0) is 29.1 Å². The molecule has 0 bridgehead atoms. The van der Waals surface area contributed by atoms with Crippen LogP contribution in [-0.2, 0) is 6.42 Å². The van der Waals surface area contributed by atoms with Gasteiger partial charge in [-0.15, -0.1) is 6.42 Å². The van der Waals surface area contributed by atoms with E-state index < -0.39 is 5.91 Å². The summed E-state index contributed by atoms with van der Waals surface area (Å²) in [6, 6.07) is 3.29. The molecule has 0 spiro atoms. The number of rotatable bonds is 5. The summed E-state index contributed by atoms with van der Waals surface area (Å²) in [5.41, 5.74) is 5.67. The van der Waals surface area contributed by atoms with E-state index >= 15 is 0 Å². The van der Waals surface area contributed by atoms with Gasteiger partial charge in [0.25, 0.3) is 0 Å². The number of hydrogen-bond acceptors (Lipinski definition) is 6. The van der Waals surface area contributed by atoms with Crippen molar-refractivity contribution in [3.8, 4) is 23.2 Å². The average molecular weight is 269 g/mol. The third-order valence-corrected chi connectivity index (χ3v) is 2.84. The molecule has 0 radical (unpaired) electrons. The van der Waals surface area contributed by atoms with Crippen molar-refractivity contribution in [2.45, 2.75) is 17.2 Å². The fourth-order valence-corrected chi connectivity index (χ4v) is 2.03. The normalized spacial score (nSPS) is 10.9. The van der Waals surface area contributed by atoms with E-state index in [1.54, 1.807) is 12.1 Å². The number of hydrogen-bond donors (Lipinski definition) is 3. The highest BCUT2D eigenvalue weighted by Gasteiger charge is 2.21. The molecule has 0 saturated heterocycles. The van der Waals surface area contributed by atoms with Crippen LogP contribution in [0.25, 0.3) is 0 Å². The van der Waals surface area contributed by atoms with E-state index in [1.807, 2.05) is 0 Å². The molecule has 0 heterocycles. The summed E-state index contributed by atoms with van der Waals surface area (Å²) in [6.07, 6.45) is 5.05. The van der Waals surface area contributed by atoms with Gasteiger partial charge < -0.3 is 19.7 Å². The second kappa shape index (κ2) is 5.98. The fraction of sp³-hybridized carbons (Fsp3) is 0.333. The Bertz CT molecular complexity index is 462. The Kier molecular flexibility index (Phi) is 4.87. The predicted molar refractivity (Wildman–Crippen MR) is 69.3 cm³/mol. The largest absolute Gasteiger partial charge is 0.496 e. The van der Waals surface area contributed by atoms with Gasteiger partial charge in [-0.2, -0.15) is 0 Å². The molecule has 0 amide bonds. The number of nitrogens with two attached hydrogens (primary N) is 1. The highest BCUT2D eigenvalue weighted by Crippen LogP contribution is 2.36. The molecule has 0 aliphatic rings. The highest BCUT2D eigenvalue weighted by atomic mass is 32.2. The van der Waals surface area contributed by atoms with E-state index in [0.717, 1.165) is 11.8 Å². The molecular weight excluding hydrogens is 254 g/mol. The van der Waals surface area contributed by atoms with Gasteiger partial charge in [0.05, 0.1) is 19.1 Å². The number of methoxy groups -OCH3 is 2. The lowest BCUT2D eigenvalue weighted by atomic mass is 10.1. The fourth-order valence-electron chi connectivity index (χ4n) is 1.49. The number of benzene rings is 1. The average Bonchev–Trinajstić information content (AvgIpc) is 2.28. The van der Waals surface area contributed by atoms with Crippen molar-refractivity contribution in [3.05, 3.63) is 17.7 Å². The van der Waals surface area contributed by atoms with Crippen molar-refractivity contribution < 1.29 is 19.7 Å². The molecular formula is C12H15NO4S. The van der Waals surface area contributed by atoms with E-state index in [-0.39, 0.29) is 6.42 Å². The van der Waals surface area contributed by atoms with Crippen LogP contribution >= 0.6 is 11.8 Å². The zero-order valence-electron chi connectivity index (χ0n) is 10.1. The van der Waals surface area contributed by atoms with Crippen molar-refractivity contribution in [2.75, 3.05) is 14.2 Å². The third-order valence-electron chi connectivity index (χ3n) is 2.19. The van der Waals surface area contributed by atoms with Crippen molar-refractivity contribution in [3.63, 3.8) is 0 Å². The van der Waals surface area contributed by atoms with Crippen molar-refractivity contribution in [2.24, 2.45) is 5.73 Å². The molecule has 98 valence electrons. The number of aliphatic hydroxyl groups is 2. The maximum Gasteiger partial charge on any atom is 0.224 e. The molecule has 18 heavy (non-hydrogen) atoms. The second-order valence-electron chi connectivity index (χ2n) is 3.59. The third kappa shape index (κ3) is 3.82. The van der Waals surface area contributed by atoms with Crippen LogP contribution in [0.3, 0.4) is 0 Å². The maximum absolute atomic E-state index is 9.23. The van der Waals surface area contributed by atoms with E-state index in [1.165, 1.54) is 14.2 Å². The Hall–Kier alpha value is -1.39. The number of ether oxygens (including phenoxy) is 2. The van der Waals surface area contributed by atoms with Crippen LogP contribution in [0.15, 0.2) is 17.0 Å². The number of thioether (sulfide) groups is 1. The Morgan fingerprint density at radius 1 is 1.33 bits per heavy atom. The van der Waals surface area contributed by atoms with Crippen LogP contribution in [0.4, 0.5) is 0 Å².